The number of pyridine rings is 1. The smallest absolute Gasteiger partial charge is 0.252 e. The monoisotopic (exact) mass is 269 g/mol. The van der Waals surface area contributed by atoms with Gasteiger partial charge in [-0.25, -0.2) is 0 Å². The van der Waals surface area contributed by atoms with E-state index >= 15 is 0 Å². The van der Waals surface area contributed by atoms with Gasteiger partial charge in [0.25, 0.3) is 5.91 Å². The zero-order chi connectivity index (χ0) is 14.2. The summed E-state index contributed by atoms with van der Waals surface area (Å²) in [6, 6.07) is 5.33. The van der Waals surface area contributed by atoms with Crippen LogP contribution in [0.5, 0.6) is 0 Å². The first kappa shape index (κ1) is 13.8. The molecule has 0 saturated carbocycles. The van der Waals surface area contributed by atoms with Crippen molar-refractivity contribution in [3.05, 3.63) is 53.7 Å². The molecule has 2 heterocycles. The summed E-state index contributed by atoms with van der Waals surface area (Å²) < 4.78 is 5.20. The van der Waals surface area contributed by atoms with Gasteiger partial charge in [-0.15, -0.1) is 0 Å². The van der Waals surface area contributed by atoms with Crippen LogP contribution in [0.25, 0.3) is 0 Å². The quantitative estimate of drug-likeness (QED) is 0.810. The Bertz CT molecular complexity index is 624. The lowest BCUT2D eigenvalue weighted by Crippen LogP contribution is -2.26. The van der Waals surface area contributed by atoms with Crippen molar-refractivity contribution in [1.29, 1.82) is 0 Å². The summed E-state index contributed by atoms with van der Waals surface area (Å²) in [6.45, 7) is 0.743. The van der Waals surface area contributed by atoms with E-state index < -0.39 is 0 Å². The van der Waals surface area contributed by atoms with E-state index in [0.717, 1.165) is 5.76 Å². The van der Waals surface area contributed by atoms with Gasteiger partial charge >= 0.3 is 0 Å². The summed E-state index contributed by atoms with van der Waals surface area (Å²) in [7, 11) is 0. The number of carbonyl (C=O) groups excluding carboxylic acids is 1. The molecule has 2 aromatic rings. The van der Waals surface area contributed by atoms with Gasteiger partial charge < -0.3 is 15.5 Å². The minimum atomic E-state index is -0.180. The minimum Gasteiger partial charge on any atom is -0.469 e. The molecular formula is C15H15N3O2. The fraction of sp³-hybridized carbons (Fsp3) is 0.200. The predicted octanol–water partition coefficient (Wildman–Crippen LogP) is 0.957. The Kier molecular flexibility index (Phi) is 4.93. The highest BCUT2D eigenvalue weighted by Gasteiger charge is 2.09. The molecule has 1 amide bonds. The van der Waals surface area contributed by atoms with Gasteiger partial charge in [-0.05, 0) is 18.2 Å². The summed E-state index contributed by atoms with van der Waals surface area (Å²) in [5.41, 5.74) is 6.41. The van der Waals surface area contributed by atoms with Crippen molar-refractivity contribution in [2.75, 3.05) is 13.1 Å². The van der Waals surface area contributed by atoms with E-state index in [-0.39, 0.29) is 12.5 Å². The van der Waals surface area contributed by atoms with Crippen LogP contribution in [-0.2, 0) is 6.42 Å². The van der Waals surface area contributed by atoms with E-state index in [1.165, 1.54) is 0 Å². The fourth-order valence-corrected chi connectivity index (χ4v) is 1.69. The Hall–Kier alpha value is -2.58. The number of nitrogens with zero attached hydrogens (tertiary/aromatic N) is 1. The summed E-state index contributed by atoms with van der Waals surface area (Å²) in [4.78, 5) is 16.1. The Morgan fingerprint density at radius 2 is 2.35 bits per heavy atom. The molecule has 0 unspecified atom stereocenters. The molecule has 0 aromatic carbocycles. The van der Waals surface area contributed by atoms with Crippen molar-refractivity contribution in [1.82, 2.24) is 10.3 Å². The van der Waals surface area contributed by atoms with E-state index in [1.807, 2.05) is 12.1 Å². The maximum absolute atomic E-state index is 12.1. The van der Waals surface area contributed by atoms with Crippen molar-refractivity contribution >= 4 is 5.91 Å². The van der Waals surface area contributed by atoms with Crippen LogP contribution in [0.2, 0.25) is 0 Å². The molecule has 0 bridgehead atoms. The maximum atomic E-state index is 12.1. The van der Waals surface area contributed by atoms with Crippen LogP contribution in [0.1, 0.15) is 21.7 Å². The first-order valence-corrected chi connectivity index (χ1v) is 6.25. The van der Waals surface area contributed by atoms with Crippen LogP contribution >= 0.6 is 0 Å². The summed E-state index contributed by atoms with van der Waals surface area (Å²) >= 11 is 0. The second-order valence-electron chi connectivity index (χ2n) is 4.01. The Balaban J connectivity index is 1.98. The highest BCUT2D eigenvalue weighted by Crippen LogP contribution is 2.05. The summed E-state index contributed by atoms with van der Waals surface area (Å²) in [5, 5.41) is 2.83. The molecule has 0 radical (unpaired) electrons. The summed E-state index contributed by atoms with van der Waals surface area (Å²) in [6.07, 6.45) is 5.38. The lowest BCUT2D eigenvalue weighted by atomic mass is 10.1. The molecule has 102 valence electrons. The second-order valence-corrected chi connectivity index (χ2v) is 4.01. The van der Waals surface area contributed by atoms with E-state index in [1.54, 1.807) is 24.7 Å². The van der Waals surface area contributed by atoms with Crippen molar-refractivity contribution in [3.63, 3.8) is 0 Å². The Labute approximate surface area is 117 Å². The SMILES string of the molecule is NCC#Cc1cnccc1C(=O)NCCc1ccco1. The molecule has 0 fully saturated rings. The van der Waals surface area contributed by atoms with E-state index in [9.17, 15) is 4.79 Å². The number of hydrogen-bond donors (Lipinski definition) is 2. The average Bonchev–Trinajstić information content (AvgIpc) is 2.98. The molecule has 20 heavy (non-hydrogen) atoms. The van der Waals surface area contributed by atoms with Gasteiger partial charge in [0.1, 0.15) is 5.76 Å². The van der Waals surface area contributed by atoms with Gasteiger partial charge in [-0.3, -0.25) is 9.78 Å². The molecule has 5 nitrogen and oxygen atoms in total. The van der Waals surface area contributed by atoms with Gasteiger partial charge in [0.15, 0.2) is 0 Å². The van der Waals surface area contributed by atoms with Crippen LogP contribution in [0.3, 0.4) is 0 Å². The van der Waals surface area contributed by atoms with Crippen LogP contribution in [-0.4, -0.2) is 24.0 Å². The van der Waals surface area contributed by atoms with Gasteiger partial charge in [-0.1, -0.05) is 11.8 Å². The molecule has 0 atom stereocenters. The van der Waals surface area contributed by atoms with Gasteiger partial charge in [0.05, 0.1) is 23.9 Å². The van der Waals surface area contributed by atoms with Crippen molar-refractivity contribution in [2.45, 2.75) is 6.42 Å². The highest BCUT2D eigenvalue weighted by atomic mass is 16.3. The third-order valence-corrected chi connectivity index (χ3v) is 2.63. The Morgan fingerprint density at radius 1 is 1.45 bits per heavy atom. The van der Waals surface area contributed by atoms with Gasteiger partial charge in [0.2, 0.25) is 0 Å². The number of amides is 1. The van der Waals surface area contributed by atoms with Crippen LogP contribution < -0.4 is 11.1 Å². The van der Waals surface area contributed by atoms with Crippen LogP contribution in [0, 0.1) is 11.8 Å². The van der Waals surface area contributed by atoms with E-state index in [4.69, 9.17) is 10.2 Å². The third kappa shape index (κ3) is 3.70. The number of furan rings is 1. The Morgan fingerprint density at radius 3 is 3.10 bits per heavy atom. The average molecular weight is 269 g/mol. The number of rotatable bonds is 4. The third-order valence-electron chi connectivity index (χ3n) is 2.63. The molecule has 0 spiro atoms. The van der Waals surface area contributed by atoms with Crippen molar-refractivity contribution in [3.8, 4) is 11.8 Å². The van der Waals surface area contributed by atoms with Crippen LogP contribution in [0.15, 0.2) is 41.3 Å². The van der Waals surface area contributed by atoms with E-state index in [2.05, 4.69) is 22.1 Å². The molecule has 0 saturated heterocycles. The fourth-order valence-electron chi connectivity index (χ4n) is 1.69. The van der Waals surface area contributed by atoms with Crippen molar-refractivity contribution in [2.24, 2.45) is 5.73 Å². The molecule has 5 heteroatoms. The number of nitrogens with two attached hydrogens (primary N) is 1. The maximum Gasteiger partial charge on any atom is 0.252 e. The minimum absolute atomic E-state index is 0.180. The van der Waals surface area contributed by atoms with Gasteiger partial charge in [-0.2, -0.15) is 0 Å². The largest absolute Gasteiger partial charge is 0.469 e. The zero-order valence-electron chi connectivity index (χ0n) is 10.9. The molecule has 0 aliphatic heterocycles. The normalized spacial score (nSPS) is 9.65. The lowest BCUT2D eigenvalue weighted by Gasteiger charge is -2.05. The second kappa shape index (κ2) is 7.12. The summed E-state index contributed by atoms with van der Waals surface area (Å²) in [5.74, 6) is 6.22. The topological polar surface area (TPSA) is 81.1 Å². The van der Waals surface area contributed by atoms with Gasteiger partial charge in [0, 0.05) is 25.4 Å². The predicted molar refractivity (Wildman–Crippen MR) is 74.9 cm³/mol. The molecule has 2 aromatic heterocycles. The number of hydrogen-bond acceptors (Lipinski definition) is 4. The number of carbonyl (C=O) groups is 1. The molecular weight excluding hydrogens is 254 g/mol. The molecule has 0 aliphatic rings. The zero-order valence-corrected chi connectivity index (χ0v) is 10.9. The first-order valence-electron chi connectivity index (χ1n) is 6.25. The lowest BCUT2D eigenvalue weighted by molar-refractivity contribution is 0.0953. The van der Waals surface area contributed by atoms with E-state index in [0.29, 0.717) is 24.1 Å². The standard InChI is InChI=1S/C15H15N3O2/c16-7-1-3-12-11-17-8-6-14(12)15(19)18-9-5-13-4-2-10-20-13/h2,4,6,8,10-11H,5,7,9,16H2,(H,18,19). The molecule has 2 rings (SSSR count). The molecule has 0 aliphatic carbocycles. The number of aromatic nitrogens is 1. The highest BCUT2D eigenvalue weighted by molar-refractivity contribution is 5.96. The number of nitrogens with one attached hydrogen (secondary N) is 1. The first-order chi connectivity index (χ1) is 9.81. The van der Waals surface area contributed by atoms with Crippen molar-refractivity contribution < 1.29 is 9.21 Å². The molecule has 3 N–H and O–H groups in total. The van der Waals surface area contributed by atoms with Crippen LogP contribution in [0.4, 0.5) is 0 Å².